The van der Waals surface area contributed by atoms with Gasteiger partial charge in [-0.2, -0.15) is 5.10 Å². The Balaban J connectivity index is 1.99. The van der Waals surface area contributed by atoms with Gasteiger partial charge in [-0.1, -0.05) is 20.8 Å². The Labute approximate surface area is 120 Å². The lowest BCUT2D eigenvalue weighted by Gasteiger charge is -2.08. The van der Waals surface area contributed by atoms with E-state index in [-0.39, 0.29) is 0 Å². The fraction of sp³-hybridized carbons (Fsp3) is 0.467. The van der Waals surface area contributed by atoms with E-state index in [0.29, 0.717) is 6.04 Å². The first-order valence-electron chi connectivity index (χ1n) is 7.06. The van der Waals surface area contributed by atoms with Crippen LogP contribution in [-0.2, 0) is 13.1 Å². The van der Waals surface area contributed by atoms with Crippen molar-refractivity contribution in [2.45, 2.75) is 46.3 Å². The van der Waals surface area contributed by atoms with Gasteiger partial charge >= 0.3 is 0 Å². The smallest absolute Gasteiger partial charge is 0.165 e. The second-order valence-corrected chi connectivity index (χ2v) is 5.06. The van der Waals surface area contributed by atoms with Crippen LogP contribution in [0.4, 0.5) is 0 Å². The Bertz CT molecular complexity index is 536. The van der Waals surface area contributed by atoms with Crippen LogP contribution in [0.3, 0.4) is 0 Å². The van der Waals surface area contributed by atoms with Crippen LogP contribution < -0.4 is 10.1 Å². The molecule has 5 heteroatoms. The maximum absolute atomic E-state index is 5.80. The van der Waals surface area contributed by atoms with Gasteiger partial charge in [0.05, 0.1) is 18.1 Å². The van der Waals surface area contributed by atoms with E-state index < -0.39 is 0 Å². The van der Waals surface area contributed by atoms with Crippen molar-refractivity contribution >= 4 is 0 Å². The Morgan fingerprint density at radius 2 is 2.20 bits per heavy atom. The van der Waals surface area contributed by atoms with Crippen LogP contribution in [-0.4, -0.2) is 20.8 Å². The van der Waals surface area contributed by atoms with Crippen molar-refractivity contribution < 1.29 is 4.74 Å². The molecular weight excluding hydrogens is 252 g/mol. The Morgan fingerprint density at radius 3 is 2.95 bits per heavy atom. The highest BCUT2D eigenvalue weighted by Crippen LogP contribution is 2.20. The Morgan fingerprint density at radius 1 is 1.35 bits per heavy atom. The van der Waals surface area contributed by atoms with Gasteiger partial charge in [0, 0.05) is 31.4 Å². The summed E-state index contributed by atoms with van der Waals surface area (Å²) in [6.07, 6.45) is 6.47. The molecule has 0 aromatic carbocycles. The van der Waals surface area contributed by atoms with Gasteiger partial charge in [0.25, 0.3) is 0 Å². The molecule has 0 unspecified atom stereocenters. The van der Waals surface area contributed by atoms with E-state index in [1.807, 2.05) is 23.0 Å². The molecule has 0 spiro atoms. The lowest BCUT2D eigenvalue weighted by atomic mass is 10.3. The Hall–Kier alpha value is -1.88. The summed E-state index contributed by atoms with van der Waals surface area (Å²) in [7, 11) is 0. The number of rotatable bonds is 7. The van der Waals surface area contributed by atoms with Crippen molar-refractivity contribution in [3.05, 3.63) is 36.4 Å². The molecule has 108 valence electrons. The van der Waals surface area contributed by atoms with Gasteiger partial charge in [0.2, 0.25) is 0 Å². The van der Waals surface area contributed by atoms with Crippen LogP contribution in [0.1, 0.15) is 32.9 Å². The number of nitrogens with one attached hydrogen (secondary N) is 1. The molecule has 0 bridgehead atoms. The first-order valence-corrected chi connectivity index (χ1v) is 7.06. The molecule has 0 aliphatic rings. The van der Waals surface area contributed by atoms with Crippen LogP contribution in [0.15, 0.2) is 30.7 Å². The van der Waals surface area contributed by atoms with Crippen LogP contribution in [0.2, 0.25) is 0 Å². The van der Waals surface area contributed by atoms with E-state index in [9.17, 15) is 0 Å². The first-order chi connectivity index (χ1) is 9.67. The summed E-state index contributed by atoms with van der Waals surface area (Å²) in [5, 5.41) is 7.59. The SMILES string of the molecule is CCCn1cc(Oc2ccnc(CNC(C)C)c2)cn1. The number of aromatic nitrogens is 3. The van der Waals surface area contributed by atoms with Crippen molar-refractivity contribution in [2.75, 3.05) is 0 Å². The molecule has 0 saturated heterocycles. The third-order valence-electron chi connectivity index (χ3n) is 2.78. The van der Waals surface area contributed by atoms with Crippen molar-refractivity contribution in [1.82, 2.24) is 20.1 Å². The van der Waals surface area contributed by atoms with Crippen molar-refractivity contribution in [3.8, 4) is 11.5 Å². The maximum Gasteiger partial charge on any atom is 0.165 e. The van der Waals surface area contributed by atoms with Crippen molar-refractivity contribution in [1.29, 1.82) is 0 Å². The first kappa shape index (κ1) is 14.5. The van der Waals surface area contributed by atoms with E-state index in [2.05, 4.69) is 36.2 Å². The van der Waals surface area contributed by atoms with Crippen LogP contribution in [0, 0.1) is 0 Å². The molecule has 0 aliphatic heterocycles. The standard InChI is InChI=1S/C15H22N4O/c1-4-7-19-11-15(10-18-19)20-14-5-6-16-13(8-14)9-17-12(2)3/h5-6,8,10-12,17H,4,7,9H2,1-3H3. The minimum atomic E-state index is 0.439. The van der Waals surface area contributed by atoms with Crippen LogP contribution >= 0.6 is 0 Å². The lowest BCUT2D eigenvalue weighted by molar-refractivity contribution is 0.477. The Kier molecular flexibility index (Phi) is 5.12. The molecule has 5 nitrogen and oxygen atoms in total. The highest BCUT2D eigenvalue weighted by molar-refractivity contribution is 5.28. The summed E-state index contributed by atoms with van der Waals surface area (Å²) in [5.74, 6) is 1.55. The van der Waals surface area contributed by atoms with Crippen LogP contribution in [0.25, 0.3) is 0 Å². The molecule has 2 aromatic heterocycles. The summed E-state index contributed by atoms with van der Waals surface area (Å²) in [6.45, 7) is 8.00. The summed E-state index contributed by atoms with van der Waals surface area (Å²) in [5.41, 5.74) is 0.970. The van der Waals surface area contributed by atoms with E-state index in [4.69, 9.17) is 4.74 Å². The predicted molar refractivity (Wildman–Crippen MR) is 78.8 cm³/mol. The molecular formula is C15H22N4O. The summed E-state index contributed by atoms with van der Waals surface area (Å²) < 4.78 is 7.69. The highest BCUT2D eigenvalue weighted by atomic mass is 16.5. The second kappa shape index (κ2) is 7.05. The van der Waals surface area contributed by atoms with Gasteiger partial charge < -0.3 is 10.1 Å². The molecule has 2 aromatic rings. The minimum Gasteiger partial charge on any atom is -0.454 e. The summed E-state index contributed by atoms with van der Waals surface area (Å²) in [6, 6.07) is 4.25. The van der Waals surface area contributed by atoms with Crippen molar-refractivity contribution in [3.63, 3.8) is 0 Å². The van der Waals surface area contributed by atoms with Gasteiger partial charge in [0.1, 0.15) is 5.75 Å². The van der Waals surface area contributed by atoms with Gasteiger partial charge in [0.15, 0.2) is 5.75 Å². The zero-order valence-electron chi connectivity index (χ0n) is 12.3. The van der Waals surface area contributed by atoms with E-state index >= 15 is 0 Å². The number of pyridine rings is 1. The minimum absolute atomic E-state index is 0.439. The zero-order valence-corrected chi connectivity index (χ0v) is 12.3. The fourth-order valence-electron chi connectivity index (χ4n) is 1.81. The average Bonchev–Trinajstić information content (AvgIpc) is 2.85. The average molecular weight is 274 g/mol. The molecule has 0 aliphatic carbocycles. The van der Waals surface area contributed by atoms with Gasteiger partial charge in [-0.05, 0) is 12.5 Å². The second-order valence-electron chi connectivity index (χ2n) is 5.06. The number of nitrogens with zero attached hydrogens (tertiary/aromatic N) is 3. The fourth-order valence-corrected chi connectivity index (χ4v) is 1.81. The number of ether oxygens (including phenoxy) is 1. The number of hydrogen-bond donors (Lipinski definition) is 1. The molecule has 0 atom stereocenters. The molecule has 0 saturated carbocycles. The molecule has 20 heavy (non-hydrogen) atoms. The van der Waals surface area contributed by atoms with Crippen LogP contribution in [0.5, 0.6) is 11.5 Å². The highest BCUT2D eigenvalue weighted by Gasteiger charge is 2.03. The topological polar surface area (TPSA) is 52.0 Å². The molecule has 0 fully saturated rings. The van der Waals surface area contributed by atoms with E-state index in [1.165, 1.54) is 0 Å². The monoisotopic (exact) mass is 274 g/mol. The molecule has 0 amide bonds. The molecule has 2 heterocycles. The van der Waals surface area contributed by atoms with Gasteiger partial charge in [-0.25, -0.2) is 0 Å². The third-order valence-corrected chi connectivity index (χ3v) is 2.78. The molecule has 2 rings (SSSR count). The van der Waals surface area contributed by atoms with Gasteiger partial charge in [-0.15, -0.1) is 0 Å². The van der Waals surface area contributed by atoms with E-state index in [1.54, 1.807) is 12.4 Å². The zero-order chi connectivity index (χ0) is 14.4. The van der Waals surface area contributed by atoms with Gasteiger partial charge in [-0.3, -0.25) is 9.67 Å². The molecule has 0 radical (unpaired) electrons. The quantitative estimate of drug-likeness (QED) is 0.843. The summed E-state index contributed by atoms with van der Waals surface area (Å²) >= 11 is 0. The predicted octanol–water partition coefficient (Wildman–Crippen LogP) is 2.98. The summed E-state index contributed by atoms with van der Waals surface area (Å²) in [4.78, 5) is 4.32. The third kappa shape index (κ3) is 4.35. The maximum atomic E-state index is 5.80. The largest absolute Gasteiger partial charge is 0.454 e. The lowest BCUT2D eigenvalue weighted by Crippen LogP contribution is -2.22. The molecule has 1 N–H and O–H groups in total. The number of aryl methyl sites for hydroxylation is 1. The normalized spacial score (nSPS) is 11.0. The van der Waals surface area contributed by atoms with Crippen molar-refractivity contribution in [2.24, 2.45) is 0 Å². The number of hydrogen-bond acceptors (Lipinski definition) is 4. The van der Waals surface area contributed by atoms with E-state index in [0.717, 1.165) is 36.7 Å².